The van der Waals surface area contributed by atoms with E-state index in [1.54, 1.807) is 0 Å². The zero-order valence-electron chi connectivity index (χ0n) is 11.4. The highest BCUT2D eigenvalue weighted by molar-refractivity contribution is 6.34. The molecule has 0 saturated carbocycles. The number of carbonyl (C=O) groups excluding carboxylic acids is 1. The lowest BCUT2D eigenvalue weighted by molar-refractivity contribution is 0.0881. The highest BCUT2D eigenvalue weighted by Crippen LogP contribution is 2.15. The van der Waals surface area contributed by atoms with Crippen LogP contribution in [0.1, 0.15) is 10.4 Å². The van der Waals surface area contributed by atoms with Crippen LogP contribution in [-0.2, 0) is 0 Å². The fourth-order valence-corrected chi connectivity index (χ4v) is 2.46. The Bertz CT molecular complexity index is 499. The maximum absolute atomic E-state index is 12.1. The maximum atomic E-state index is 12.1. The van der Waals surface area contributed by atoms with E-state index in [-0.39, 0.29) is 27.8 Å². The van der Waals surface area contributed by atoms with Crippen molar-refractivity contribution in [3.8, 4) is 0 Å². The van der Waals surface area contributed by atoms with Crippen molar-refractivity contribution in [3.63, 3.8) is 0 Å². The van der Waals surface area contributed by atoms with Gasteiger partial charge in [0.1, 0.15) is 0 Å². The van der Waals surface area contributed by atoms with Gasteiger partial charge in [0.25, 0.3) is 5.91 Å². The summed E-state index contributed by atoms with van der Waals surface area (Å²) in [6, 6.07) is 1.70. The van der Waals surface area contributed by atoms with E-state index in [1.807, 2.05) is 0 Å². The first kappa shape index (κ1) is 15.4. The zero-order valence-corrected chi connectivity index (χ0v) is 12.9. The number of aromatic nitrogens is 2. The number of rotatable bonds is 3. The van der Waals surface area contributed by atoms with E-state index < -0.39 is 0 Å². The van der Waals surface area contributed by atoms with Gasteiger partial charge >= 0.3 is 0 Å². The Morgan fingerprint density at radius 3 is 2.90 bits per heavy atom. The molecule has 1 saturated heterocycles. The topological polar surface area (TPSA) is 61.4 Å². The van der Waals surface area contributed by atoms with Gasteiger partial charge < -0.3 is 10.2 Å². The average molecular weight is 318 g/mol. The van der Waals surface area contributed by atoms with Crippen molar-refractivity contribution in [1.82, 2.24) is 25.3 Å². The lowest BCUT2D eigenvalue weighted by Gasteiger charge is -2.37. The van der Waals surface area contributed by atoms with Gasteiger partial charge in [0.05, 0.1) is 5.56 Å². The van der Waals surface area contributed by atoms with Crippen LogP contribution in [0.25, 0.3) is 0 Å². The van der Waals surface area contributed by atoms with Gasteiger partial charge in [0.15, 0.2) is 10.3 Å². The highest BCUT2D eigenvalue weighted by Gasteiger charge is 2.23. The van der Waals surface area contributed by atoms with Gasteiger partial charge in [0, 0.05) is 32.2 Å². The van der Waals surface area contributed by atoms with E-state index in [2.05, 4.69) is 39.4 Å². The molecule has 2 rings (SSSR count). The summed E-state index contributed by atoms with van der Waals surface area (Å²) >= 11 is 11.6. The molecule has 1 aromatic rings. The lowest BCUT2D eigenvalue weighted by atomic mass is 10.2. The lowest BCUT2D eigenvalue weighted by Crippen LogP contribution is -2.54. The first-order valence-corrected chi connectivity index (χ1v) is 7.08. The van der Waals surface area contributed by atoms with E-state index in [0.29, 0.717) is 6.54 Å². The summed E-state index contributed by atoms with van der Waals surface area (Å²) in [4.78, 5) is 16.6. The normalized spacial score (nSPS) is 20.9. The van der Waals surface area contributed by atoms with Gasteiger partial charge in [-0.3, -0.25) is 9.69 Å². The van der Waals surface area contributed by atoms with E-state index in [0.717, 1.165) is 19.6 Å². The molecule has 8 heteroatoms. The molecule has 20 heavy (non-hydrogen) atoms. The predicted molar refractivity (Wildman–Crippen MR) is 78.3 cm³/mol. The van der Waals surface area contributed by atoms with Crippen molar-refractivity contribution >= 4 is 29.1 Å². The van der Waals surface area contributed by atoms with Crippen LogP contribution in [0.3, 0.4) is 0 Å². The quantitative estimate of drug-likeness (QED) is 0.891. The molecule has 1 atom stereocenters. The smallest absolute Gasteiger partial charge is 0.254 e. The Morgan fingerprint density at radius 2 is 2.15 bits per heavy atom. The van der Waals surface area contributed by atoms with Crippen LogP contribution in [0, 0.1) is 0 Å². The second-order valence-electron chi connectivity index (χ2n) is 4.98. The molecule has 1 aliphatic rings. The molecule has 1 unspecified atom stereocenters. The van der Waals surface area contributed by atoms with Crippen molar-refractivity contribution in [2.75, 3.05) is 40.3 Å². The highest BCUT2D eigenvalue weighted by atomic mass is 35.5. The number of hydrogen-bond donors (Lipinski definition) is 1. The van der Waals surface area contributed by atoms with E-state index in [9.17, 15) is 4.79 Å². The predicted octanol–water partition coefficient (Wildman–Crippen LogP) is 0.759. The Morgan fingerprint density at radius 1 is 1.40 bits per heavy atom. The molecule has 0 radical (unpaired) electrons. The minimum Gasteiger partial charge on any atom is -0.350 e. The Balaban J connectivity index is 1.96. The molecular formula is C12H17Cl2N5O. The molecule has 1 fully saturated rings. The van der Waals surface area contributed by atoms with Gasteiger partial charge in [0.2, 0.25) is 0 Å². The Hall–Kier alpha value is -0.950. The maximum Gasteiger partial charge on any atom is 0.254 e. The van der Waals surface area contributed by atoms with Crippen molar-refractivity contribution in [2.45, 2.75) is 6.04 Å². The third kappa shape index (κ3) is 3.79. The summed E-state index contributed by atoms with van der Waals surface area (Å²) in [6.45, 7) is 3.49. The SMILES string of the molecule is CN1CCN(C)C(CNC(=O)c2cc(Cl)nnc2Cl)C1. The van der Waals surface area contributed by atoms with Gasteiger partial charge in [-0.15, -0.1) is 10.2 Å². The Labute approximate surface area is 128 Å². The van der Waals surface area contributed by atoms with Crippen molar-refractivity contribution in [2.24, 2.45) is 0 Å². The molecular weight excluding hydrogens is 301 g/mol. The number of piperazine rings is 1. The molecule has 110 valence electrons. The molecule has 0 bridgehead atoms. The van der Waals surface area contributed by atoms with E-state index in [1.165, 1.54) is 6.07 Å². The molecule has 1 aliphatic heterocycles. The van der Waals surface area contributed by atoms with Gasteiger partial charge in [-0.1, -0.05) is 23.2 Å². The van der Waals surface area contributed by atoms with Crippen LogP contribution in [0.5, 0.6) is 0 Å². The Kier molecular flexibility index (Phi) is 5.15. The van der Waals surface area contributed by atoms with Crippen LogP contribution in [-0.4, -0.2) is 72.2 Å². The fourth-order valence-electron chi connectivity index (χ4n) is 2.14. The summed E-state index contributed by atoms with van der Waals surface area (Å²) in [6.07, 6.45) is 0. The molecule has 1 amide bonds. The summed E-state index contributed by atoms with van der Waals surface area (Å²) in [7, 11) is 4.13. The van der Waals surface area contributed by atoms with Crippen LogP contribution in [0.15, 0.2) is 6.07 Å². The van der Waals surface area contributed by atoms with Crippen molar-refractivity contribution < 1.29 is 4.79 Å². The van der Waals surface area contributed by atoms with E-state index >= 15 is 0 Å². The number of carbonyl (C=O) groups is 1. The van der Waals surface area contributed by atoms with Crippen molar-refractivity contribution in [3.05, 3.63) is 21.9 Å². The number of nitrogens with zero attached hydrogens (tertiary/aromatic N) is 4. The second-order valence-corrected chi connectivity index (χ2v) is 5.72. The summed E-state index contributed by atoms with van der Waals surface area (Å²) in [5, 5.41) is 10.3. The number of nitrogens with one attached hydrogen (secondary N) is 1. The van der Waals surface area contributed by atoms with Crippen LogP contribution < -0.4 is 5.32 Å². The molecule has 0 spiro atoms. The zero-order chi connectivity index (χ0) is 14.7. The van der Waals surface area contributed by atoms with Crippen LogP contribution in [0.2, 0.25) is 10.3 Å². The molecule has 0 aliphatic carbocycles. The van der Waals surface area contributed by atoms with E-state index in [4.69, 9.17) is 23.2 Å². The number of halogens is 2. The fraction of sp³-hybridized carbons (Fsp3) is 0.583. The summed E-state index contributed by atoms with van der Waals surface area (Å²) in [5.74, 6) is -0.284. The van der Waals surface area contributed by atoms with Crippen molar-refractivity contribution in [1.29, 1.82) is 0 Å². The average Bonchev–Trinajstić information content (AvgIpc) is 2.42. The van der Waals surface area contributed by atoms with Gasteiger partial charge in [-0.05, 0) is 20.2 Å². The number of amides is 1. The third-order valence-corrected chi connectivity index (χ3v) is 3.91. The molecule has 0 aromatic carbocycles. The summed E-state index contributed by atoms with van der Waals surface area (Å²) in [5.41, 5.74) is 0.249. The first-order chi connectivity index (χ1) is 9.47. The molecule has 6 nitrogen and oxygen atoms in total. The second kappa shape index (κ2) is 6.67. The minimum absolute atomic E-state index is 0.0565. The van der Waals surface area contributed by atoms with Crippen LogP contribution in [0.4, 0.5) is 0 Å². The monoisotopic (exact) mass is 317 g/mol. The first-order valence-electron chi connectivity index (χ1n) is 6.33. The standard InChI is InChI=1S/C12H17Cl2N5O/c1-18-3-4-19(2)8(7-18)6-15-12(20)9-5-10(13)16-17-11(9)14/h5,8H,3-4,6-7H2,1-2H3,(H,15,20). The largest absolute Gasteiger partial charge is 0.350 e. The number of hydrogen-bond acceptors (Lipinski definition) is 5. The molecule has 2 heterocycles. The van der Waals surface area contributed by atoms with Gasteiger partial charge in [-0.2, -0.15) is 0 Å². The number of likely N-dealkylation sites (N-methyl/N-ethyl adjacent to an activating group) is 2. The minimum atomic E-state index is -0.284. The molecule has 1 N–H and O–H groups in total. The molecule has 1 aromatic heterocycles. The van der Waals surface area contributed by atoms with Crippen LogP contribution >= 0.6 is 23.2 Å². The third-order valence-electron chi connectivity index (χ3n) is 3.44. The summed E-state index contributed by atoms with van der Waals surface area (Å²) < 4.78 is 0. The van der Waals surface area contributed by atoms with Gasteiger partial charge in [-0.25, -0.2) is 0 Å².